The van der Waals surface area contributed by atoms with E-state index in [0.29, 0.717) is 28.9 Å². The molecule has 0 unspecified atom stereocenters. The van der Waals surface area contributed by atoms with E-state index in [9.17, 15) is 9.59 Å². The summed E-state index contributed by atoms with van der Waals surface area (Å²) in [5.41, 5.74) is 3.42. The summed E-state index contributed by atoms with van der Waals surface area (Å²) in [5, 5.41) is 19.5. The van der Waals surface area contributed by atoms with Gasteiger partial charge >= 0.3 is 5.97 Å². The molecule has 1 fully saturated rings. The molecule has 1 amide bonds. The zero-order chi connectivity index (χ0) is 28.6. The van der Waals surface area contributed by atoms with Crippen molar-refractivity contribution < 1.29 is 19.4 Å². The molecule has 40 heavy (non-hydrogen) atoms. The van der Waals surface area contributed by atoms with E-state index in [4.69, 9.17) is 21.4 Å². The minimum Gasteiger partial charge on any atom is -0.492 e. The minimum absolute atomic E-state index is 0.177. The number of likely N-dealkylation sites (tertiary alicyclic amines) is 1. The van der Waals surface area contributed by atoms with Gasteiger partial charge in [0.1, 0.15) is 17.4 Å². The van der Waals surface area contributed by atoms with Crippen molar-refractivity contribution in [1.29, 1.82) is 0 Å². The monoisotopic (exact) mass is 584 g/mol. The lowest BCUT2D eigenvalue weighted by Crippen LogP contribution is -2.37. The van der Waals surface area contributed by atoms with Crippen molar-refractivity contribution >= 4 is 39.9 Å². The zero-order valence-electron chi connectivity index (χ0n) is 23.4. The molecule has 1 aliphatic heterocycles. The maximum Gasteiger partial charge on any atom is 0.303 e. The van der Waals surface area contributed by atoms with Crippen LogP contribution in [0, 0.1) is 19.8 Å². The van der Waals surface area contributed by atoms with Gasteiger partial charge in [0.15, 0.2) is 0 Å². The first kappa shape index (κ1) is 30.0. The summed E-state index contributed by atoms with van der Waals surface area (Å²) in [5.74, 6) is 0.262. The molecule has 4 rings (SSSR count). The second-order valence-corrected chi connectivity index (χ2v) is 11.7. The predicted octanol–water partition coefficient (Wildman–Crippen LogP) is 6.49. The average molecular weight is 585 g/mol. The number of carbonyl (C=O) groups excluding carboxylic acids is 1. The van der Waals surface area contributed by atoms with Crippen molar-refractivity contribution in [3.63, 3.8) is 0 Å². The number of nitrogens with zero attached hydrogens (tertiary/aromatic N) is 4. The molecule has 1 N–H and O–H groups in total. The number of hydrogen-bond acceptors (Lipinski definition) is 7. The van der Waals surface area contributed by atoms with Crippen LogP contribution in [0.1, 0.15) is 60.5 Å². The molecule has 0 atom stereocenters. The van der Waals surface area contributed by atoms with Crippen LogP contribution in [0.3, 0.4) is 0 Å². The predicted molar refractivity (Wildman–Crippen MR) is 160 cm³/mol. The highest BCUT2D eigenvalue weighted by Gasteiger charge is 2.24. The molecular formula is C30H37ClN4O4S. The molecule has 0 bridgehead atoms. The fourth-order valence-electron chi connectivity index (χ4n) is 5.06. The number of anilines is 1. The fraction of sp³-hybridized carbons (Fsp3) is 0.467. The lowest BCUT2D eigenvalue weighted by molar-refractivity contribution is -0.138. The summed E-state index contributed by atoms with van der Waals surface area (Å²) in [6.45, 7) is 9.88. The van der Waals surface area contributed by atoms with Crippen molar-refractivity contribution in [3.8, 4) is 16.3 Å². The zero-order valence-corrected chi connectivity index (χ0v) is 24.9. The Kier molecular flexibility index (Phi) is 10.5. The Morgan fingerprint density at radius 1 is 1.15 bits per heavy atom. The van der Waals surface area contributed by atoms with Gasteiger partial charge in [-0.05, 0) is 87.5 Å². The van der Waals surface area contributed by atoms with E-state index in [1.807, 2.05) is 26.0 Å². The smallest absolute Gasteiger partial charge is 0.303 e. The van der Waals surface area contributed by atoms with Crippen LogP contribution in [0.2, 0.25) is 5.02 Å². The molecule has 2 heterocycles. The largest absolute Gasteiger partial charge is 0.492 e. The highest BCUT2D eigenvalue weighted by molar-refractivity contribution is 7.18. The molecule has 1 saturated heterocycles. The van der Waals surface area contributed by atoms with Crippen molar-refractivity contribution in [2.24, 2.45) is 5.92 Å². The van der Waals surface area contributed by atoms with E-state index in [1.54, 1.807) is 17.0 Å². The van der Waals surface area contributed by atoms with Gasteiger partial charge in [-0.15, -0.1) is 10.2 Å². The lowest BCUT2D eigenvalue weighted by Gasteiger charge is -2.31. The van der Waals surface area contributed by atoms with Gasteiger partial charge in [0.2, 0.25) is 5.13 Å². The van der Waals surface area contributed by atoms with E-state index in [-0.39, 0.29) is 18.2 Å². The average Bonchev–Trinajstić information content (AvgIpc) is 3.41. The van der Waals surface area contributed by atoms with Crippen LogP contribution < -0.4 is 9.64 Å². The number of carbonyl (C=O) groups is 2. The maximum atomic E-state index is 13.4. The molecular weight excluding hydrogens is 548 g/mol. The summed E-state index contributed by atoms with van der Waals surface area (Å²) in [7, 11) is 0. The Morgan fingerprint density at radius 2 is 1.85 bits per heavy atom. The number of aryl methyl sites for hydroxylation is 2. The highest BCUT2D eigenvalue weighted by Crippen LogP contribution is 2.35. The van der Waals surface area contributed by atoms with Crippen LogP contribution in [0.25, 0.3) is 10.6 Å². The van der Waals surface area contributed by atoms with Crippen molar-refractivity contribution in [3.05, 3.63) is 58.1 Å². The summed E-state index contributed by atoms with van der Waals surface area (Å²) in [4.78, 5) is 28.4. The number of rotatable bonds is 12. The Bertz CT molecular complexity index is 1300. The van der Waals surface area contributed by atoms with Gasteiger partial charge in [-0.2, -0.15) is 0 Å². The number of aliphatic carboxylic acids is 1. The van der Waals surface area contributed by atoms with E-state index >= 15 is 0 Å². The number of carboxylic acids is 1. The minimum atomic E-state index is -0.708. The number of unbranched alkanes of at least 4 members (excludes halogenated alkanes) is 1. The van der Waals surface area contributed by atoms with Gasteiger partial charge in [-0.3, -0.25) is 19.4 Å². The molecule has 10 heteroatoms. The number of ether oxygens (including phenoxy) is 1. The molecule has 214 valence electrons. The van der Waals surface area contributed by atoms with Crippen molar-refractivity contribution in [1.82, 2.24) is 15.1 Å². The third kappa shape index (κ3) is 7.59. The van der Waals surface area contributed by atoms with E-state index < -0.39 is 5.97 Å². The van der Waals surface area contributed by atoms with Crippen molar-refractivity contribution in [2.75, 3.05) is 37.7 Å². The standard InChI is InChI=1S/C30H37ClN4O4S/c1-4-5-12-35(29(38)24-8-6-7-9-25(24)31)30-33-32-28(40-30)23-17-20(2)27(21(3)18-23)39-16-15-34-13-10-22(11-14-34)19-26(36)37/h6-9,17-18,22H,4-5,10-16,19H2,1-3H3,(H,36,37). The van der Waals surface area contributed by atoms with Gasteiger partial charge in [0.25, 0.3) is 5.91 Å². The Balaban J connectivity index is 1.41. The molecule has 0 aliphatic carbocycles. The maximum absolute atomic E-state index is 13.4. The van der Waals surface area contributed by atoms with Crippen LogP contribution >= 0.6 is 22.9 Å². The van der Waals surface area contributed by atoms with Gasteiger partial charge < -0.3 is 9.84 Å². The normalized spacial score (nSPS) is 14.3. The molecule has 1 aliphatic rings. The second kappa shape index (κ2) is 14.1. The van der Waals surface area contributed by atoms with Gasteiger partial charge in [0, 0.05) is 25.1 Å². The third-order valence-corrected chi connectivity index (χ3v) is 8.59. The summed E-state index contributed by atoms with van der Waals surface area (Å²) < 4.78 is 6.20. The van der Waals surface area contributed by atoms with E-state index in [0.717, 1.165) is 72.8 Å². The molecule has 3 aromatic rings. The Hall–Kier alpha value is -3.01. The first-order valence-corrected chi connectivity index (χ1v) is 15.0. The van der Waals surface area contributed by atoms with Gasteiger partial charge in [-0.25, -0.2) is 0 Å². The number of amides is 1. The van der Waals surface area contributed by atoms with Crippen LogP contribution in [-0.4, -0.2) is 64.9 Å². The SMILES string of the molecule is CCCCN(C(=O)c1ccccc1Cl)c1nnc(-c2cc(C)c(OCCN3CCC(CC(=O)O)CC3)c(C)c2)s1. The number of halogens is 1. The molecule has 0 spiro atoms. The first-order chi connectivity index (χ1) is 19.3. The van der Waals surface area contributed by atoms with Crippen LogP contribution in [0.5, 0.6) is 5.75 Å². The molecule has 0 saturated carbocycles. The van der Waals surface area contributed by atoms with Crippen LogP contribution in [-0.2, 0) is 4.79 Å². The van der Waals surface area contributed by atoms with E-state index in [1.165, 1.54) is 11.3 Å². The van der Waals surface area contributed by atoms with Gasteiger partial charge in [-0.1, -0.05) is 48.4 Å². The fourth-order valence-corrected chi connectivity index (χ4v) is 6.13. The number of aromatic nitrogens is 2. The number of benzene rings is 2. The molecule has 0 radical (unpaired) electrons. The van der Waals surface area contributed by atoms with Crippen molar-refractivity contribution in [2.45, 2.75) is 52.9 Å². The summed E-state index contributed by atoms with van der Waals surface area (Å²) in [6.07, 6.45) is 3.89. The van der Waals surface area contributed by atoms with Gasteiger partial charge in [0.05, 0.1) is 10.6 Å². The molecule has 8 nitrogen and oxygen atoms in total. The Morgan fingerprint density at radius 3 is 2.50 bits per heavy atom. The highest BCUT2D eigenvalue weighted by atomic mass is 35.5. The second-order valence-electron chi connectivity index (χ2n) is 10.4. The number of piperidine rings is 1. The summed E-state index contributed by atoms with van der Waals surface area (Å²) >= 11 is 7.72. The summed E-state index contributed by atoms with van der Waals surface area (Å²) in [6, 6.07) is 11.2. The first-order valence-electron chi connectivity index (χ1n) is 13.8. The van der Waals surface area contributed by atoms with E-state index in [2.05, 4.69) is 34.2 Å². The van der Waals surface area contributed by atoms with Crippen LogP contribution in [0.4, 0.5) is 5.13 Å². The molecule has 2 aromatic carbocycles. The molecule has 1 aromatic heterocycles. The topological polar surface area (TPSA) is 95.9 Å². The quantitative estimate of drug-likeness (QED) is 0.260. The Labute approximate surface area is 244 Å². The third-order valence-electron chi connectivity index (χ3n) is 7.26. The lowest BCUT2D eigenvalue weighted by atomic mass is 9.94. The number of hydrogen-bond donors (Lipinski definition) is 1. The number of carboxylic acid groups (broad SMARTS) is 1. The van der Waals surface area contributed by atoms with Crippen LogP contribution in [0.15, 0.2) is 36.4 Å².